The first-order chi connectivity index (χ1) is 12.7. The van der Waals surface area contributed by atoms with Gasteiger partial charge in [-0.1, -0.05) is 60.7 Å². The summed E-state index contributed by atoms with van der Waals surface area (Å²) in [4.78, 5) is 14.5. The van der Waals surface area contributed by atoms with Crippen LogP contribution in [0.2, 0.25) is 0 Å². The van der Waals surface area contributed by atoms with Crippen LogP contribution in [0.3, 0.4) is 0 Å². The van der Waals surface area contributed by atoms with Crippen LogP contribution in [0.25, 0.3) is 5.70 Å². The third kappa shape index (κ3) is 2.24. The van der Waals surface area contributed by atoms with E-state index in [1.807, 2.05) is 36.4 Å². The highest BCUT2D eigenvalue weighted by Gasteiger charge is 2.38. The average Bonchev–Trinajstić information content (AvgIpc) is 2.84. The first-order valence-electron chi connectivity index (χ1n) is 8.70. The van der Waals surface area contributed by atoms with E-state index in [0.717, 1.165) is 28.1 Å². The van der Waals surface area contributed by atoms with E-state index >= 15 is 0 Å². The number of rotatable bonds is 1. The quantitative estimate of drug-likeness (QED) is 0.592. The molecule has 0 fully saturated rings. The lowest BCUT2D eigenvalue weighted by Crippen LogP contribution is -2.08. The molecule has 1 heterocycles. The Morgan fingerprint density at radius 3 is 2.38 bits per heavy atom. The molecule has 126 valence electrons. The van der Waals surface area contributed by atoms with Crippen molar-refractivity contribution < 1.29 is 4.79 Å². The van der Waals surface area contributed by atoms with Gasteiger partial charge in [-0.15, -0.1) is 11.8 Å². The van der Waals surface area contributed by atoms with Gasteiger partial charge in [-0.05, 0) is 30.2 Å². The van der Waals surface area contributed by atoms with Crippen molar-refractivity contribution in [3.05, 3.63) is 101 Å². The second kappa shape index (κ2) is 5.89. The Morgan fingerprint density at radius 2 is 1.54 bits per heavy atom. The Labute approximate surface area is 157 Å². The van der Waals surface area contributed by atoms with Crippen molar-refractivity contribution in [2.24, 2.45) is 0 Å². The topological polar surface area (TPSA) is 29.1 Å². The molecule has 2 aliphatic rings. The minimum atomic E-state index is -0.0257. The Morgan fingerprint density at radius 1 is 0.846 bits per heavy atom. The summed E-state index contributed by atoms with van der Waals surface area (Å²) >= 11 is 1.75. The summed E-state index contributed by atoms with van der Waals surface area (Å²) in [6.07, 6.45) is 0. The molecule has 0 unspecified atom stereocenters. The van der Waals surface area contributed by atoms with Crippen molar-refractivity contribution >= 4 is 28.9 Å². The van der Waals surface area contributed by atoms with E-state index in [1.54, 1.807) is 11.8 Å². The molecule has 0 spiro atoms. The highest BCUT2D eigenvalue weighted by Crippen LogP contribution is 2.52. The van der Waals surface area contributed by atoms with Gasteiger partial charge in [-0.3, -0.25) is 4.79 Å². The first kappa shape index (κ1) is 15.5. The van der Waals surface area contributed by atoms with E-state index in [0.29, 0.717) is 0 Å². The number of carbonyl (C=O) groups excluding carboxylic acids is 1. The van der Waals surface area contributed by atoms with Crippen molar-refractivity contribution in [2.45, 2.75) is 17.1 Å². The van der Waals surface area contributed by atoms with Gasteiger partial charge >= 0.3 is 0 Å². The van der Waals surface area contributed by atoms with Crippen LogP contribution in [-0.2, 0) is 0 Å². The van der Waals surface area contributed by atoms with Crippen LogP contribution >= 0.6 is 11.8 Å². The zero-order valence-electron chi connectivity index (χ0n) is 14.3. The zero-order chi connectivity index (χ0) is 17.7. The van der Waals surface area contributed by atoms with E-state index in [-0.39, 0.29) is 11.0 Å². The zero-order valence-corrected chi connectivity index (χ0v) is 15.1. The fourth-order valence-corrected chi connectivity index (χ4v) is 5.17. The van der Waals surface area contributed by atoms with Gasteiger partial charge in [0, 0.05) is 21.6 Å². The van der Waals surface area contributed by atoms with Crippen molar-refractivity contribution in [1.82, 2.24) is 0 Å². The number of nitrogens with one attached hydrogen (secondary N) is 1. The minimum absolute atomic E-state index is 0.0257. The van der Waals surface area contributed by atoms with Gasteiger partial charge in [-0.2, -0.15) is 0 Å². The van der Waals surface area contributed by atoms with E-state index < -0.39 is 0 Å². The number of benzene rings is 3. The lowest BCUT2D eigenvalue weighted by molar-refractivity contribution is 0.103. The molecular formula is C23H17NOS. The fourth-order valence-electron chi connectivity index (χ4n) is 3.78. The number of para-hydroxylation sites is 1. The van der Waals surface area contributed by atoms with E-state index in [4.69, 9.17) is 0 Å². The van der Waals surface area contributed by atoms with Gasteiger partial charge < -0.3 is 5.32 Å². The number of thioether (sulfide) groups is 1. The molecule has 0 radical (unpaired) electrons. The molecule has 1 atom stereocenters. The molecule has 1 aliphatic heterocycles. The SMILES string of the molecule is Cc1ccccc1[C@H]1Sc2ccccc2NC2=C1C(=O)c1ccccc12. The first-order valence-corrected chi connectivity index (χ1v) is 9.58. The summed E-state index contributed by atoms with van der Waals surface area (Å²) in [6, 6.07) is 24.5. The van der Waals surface area contributed by atoms with Crippen LogP contribution in [0.15, 0.2) is 83.3 Å². The number of hydrogen-bond acceptors (Lipinski definition) is 3. The highest BCUT2D eigenvalue weighted by molar-refractivity contribution is 8.00. The van der Waals surface area contributed by atoms with Crippen LogP contribution < -0.4 is 5.32 Å². The Balaban J connectivity index is 1.78. The van der Waals surface area contributed by atoms with Crippen LogP contribution in [0.1, 0.15) is 32.3 Å². The number of anilines is 1. The standard InChI is InChI=1S/C23H17NOS/c1-14-8-2-3-9-15(14)23-20-21(16-10-4-5-11-17(16)22(20)25)24-18-12-6-7-13-19(18)26-23/h2-13,23-24H,1H3/t23-/m1/s1. The highest BCUT2D eigenvalue weighted by atomic mass is 32.2. The summed E-state index contributed by atoms with van der Waals surface area (Å²) in [5, 5.41) is 3.54. The molecule has 0 aromatic heterocycles. The van der Waals surface area contributed by atoms with Gasteiger partial charge in [0.25, 0.3) is 0 Å². The molecule has 1 aliphatic carbocycles. The van der Waals surface area contributed by atoms with Gasteiger partial charge in [0.05, 0.1) is 16.6 Å². The molecule has 1 N–H and O–H groups in total. The summed E-state index contributed by atoms with van der Waals surface area (Å²) < 4.78 is 0. The number of ketones is 1. The molecule has 3 aromatic carbocycles. The van der Waals surface area contributed by atoms with Crippen molar-refractivity contribution in [2.75, 3.05) is 5.32 Å². The molecule has 0 amide bonds. The van der Waals surface area contributed by atoms with Crippen LogP contribution in [0, 0.1) is 6.92 Å². The van der Waals surface area contributed by atoms with E-state index in [9.17, 15) is 4.79 Å². The Kier molecular flexibility index (Phi) is 3.50. The number of hydrogen-bond donors (Lipinski definition) is 1. The number of fused-ring (bicyclic) bond motifs is 3. The lowest BCUT2D eigenvalue weighted by atomic mass is 9.97. The number of aryl methyl sites for hydroxylation is 1. The third-order valence-electron chi connectivity index (χ3n) is 5.08. The molecule has 0 saturated heterocycles. The number of carbonyl (C=O) groups is 1. The predicted octanol–water partition coefficient (Wildman–Crippen LogP) is 5.86. The van der Waals surface area contributed by atoms with Crippen molar-refractivity contribution in [3.63, 3.8) is 0 Å². The van der Waals surface area contributed by atoms with E-state index in [1.165, 1.54) is 16.0 Å². The third-order valence-corrected chi connectivity index (χ3v) is 6.41. The minimum Gasteiger partial charge on any atom is -0.354 e. The maximum atomic E-state index is 13.3. The maximum absolute atomic E-state index is 13.3. The molecule has 0 saturated carbocycles. The fraction of sp³-hybridized carbons (Fsp3) is 0.0870. The molecule has 0 bridgehead atoms. The van der Waals surface area contributed by atoms with Gasteiger partial charge in [0.2, 0.25) is 0 Å². The van der Waals surface area contributed by atoms with E-state index in [2.05, 4.69) is 48.6 Å². The largest absolute Gasteiger partial charge is 0.354 e. The molecule has 3 aromatic rings. The second-order valence-electron chi connectivity index (χ2n) is 6.64. The summed E-state index contributed by atoms with van der Waals surface area (Å²) in [6.45, 7) is 2.12. The second-order valence-corrected chi connectivity index (χ2v) is 7.79. The van der Waals surface area contributed by atoms with Crippen molar-refractivity contribution in [1.29, 1.82) is 0 Å². The summed E-state index contributed by atoms with van der Waals surface area (Å²) in [5.41, 5.74) is 7.08. The average molecular weight is 355 g/mol. The Hall–Kier alpha value is -2.78. The molecular weight excluding hydrogens is 338 g/mol. The normalized spacial score (nSPS) is 17.9. The van der Waals surface area contributed by atoms with Crippen LogP contribution in [-0.4, -0.2) is 5.78 Å². The smallest absolute Gasteiger partial charge is 0.193 e. The Bertz CT molecular complexity index is 1080. The van der Waals surface area contributed by atoms with Gasteiger partial charge in [0.15, 0.2) is 5.78 Å². The van der Waals surface area contributed by atoms with Crippen LogP contribution in [0.5, 0.6) is 0 Å². The molecule has 2 nitrogen and oxygen atoms in total. The monoisotopic (exact) mass is 355 g/mol. The van der Waals surface area contributed by atoms with Crippen LogP contribution in [0.4, 0.5) is 5.69 Å². The molecule has 5 rings (SSSR count). The summed E-state index contributed by atoms with van der Waals surface area (Å²) in [7, 11) is 0. The summed E-state index contributed by atoms with van der Waals surface area (Å²) in [5.74, 6) is 0.136. The molecule has 26 heavy (non-hydrogen) atoms. The number of Topliss-reactive ketones (excluding diaryl/α,β-unsaturated/α-hetero) is 1. The van der Waals surface area contributed by atoms with Crippen molar-refractivity contribution in [3.8, 4) is 0 Å². The predicted molar refractivity (Wildman–Crippen MR) is 108 cm³/mol. The molecule has 3 heteroatoms. The van der Waals surface area contributed by atoms with Gasteiger partial charge in [-0.25, -0.2) is 0 Å². The van der Waals surface area contributed by atoms with Gasteiger partial charge in [0.1, 0.15) is 0 Å². The lowest BCUT2D eigenvalue weighted by Gasteiger charge is -2.19. The maximum Gasteiger partial charge on any atom is 0.193 e.